The van der Waals surface area contributed by atoms with E-state index in [9.17, 15) is 14.4 Å². The van der Waals surface area contributed by atoms with Gasteiger partial charge in [0.2, 0.25) is 5.91 Å². The van der Waals surface area contributed by atoms with Gasteiger partial charge in [0.05, 0.1) is 10.4 Å². The third-order valence-electron chi connectivity index (χ3n) is 7.47. The minimum absolute atomic E-state index is 0.0891. The van der Waals surface area contributed by atoms with Crippen LogP contribution in [0.4, 0.5) is 0 Å². The molecule has 0 bridgehead atoms. The van der Waals surface area contributed by atoms with Gasteiger partial charge in [0.25, 0.3) is 5.91 Å². The van der Waals surface area contributed by atoms with Crippen molar-refractivity contribution < 1.29 is 14.0 Å². The second-order valence-electron chi connectivity index (χ2n) is 10.2. The fraction of sp³-hybridized carbons (Fsp3) is 0.367. The molecule has 1 saturated carbocycles. The molecule has 1 atom stereocenters. The molecule has 1 unspecified atom stereocenters. The van der Waals surface area contributed by atoms with Crippen LogP contribution < -0.4 is 10.7 Å². The van der Waals surface area contributed by atoms with Gasteiger partial charge >= 0.3 is 0 Å². The lowest BCUT2D eigenvalue weighted by atomic mass is 9.79. The standard InChI is InChI=1S/C30H30Cl2N2O4/c1-18(33-30(37)27-16-26(35)24-14-22(31)15-25(32)29(24)38-27)13-19-8-10-20(11-9-19)23-6-3-2-5-21(23)17-34-12-4-7-28(34)36/h2-3,5-6,13-16,18,20H,4,7-12,17H2,1H3,(H,33,37). The quantitative estimate of drug-likeness (QED) is 0.348. The van der Waals surface area contributed by atoms with Crippen LogP contribution in [0.15, 0.2) is 63.3 Å². The SMILES string of the molecule is CC(C=C1CCC(c2ccccc2CN2CCCC2=O)CC1)NC(=O)c1cc(=O)c2cc(Cl)cc(Cl)c2o1. The first-order valence-electron chi connectivity index (χ1n) is 13.1. The van der Waals surface area contributed by atoms with Gasteiger partial charge in [0.1, 0.15) is 0 Å². The topological polar surface area (TPSA) is 79.6 Å². The Morgan fingerprint density at radius 1 is 1.13 bits per heavy atom. The van der Waals surface area contributed by atoms with E-state index in [1.807, 2.05) is 11.8 Å². The smallest absolute Gasteiger partial charge is 0.287 e. The summed E-state index contributed by atoms with van der Waals surface area (Å²) in [7, 11) is 0. The maximum atomic E-state index is 12.8. The molecule has 8 heteroatoms. The van der Waals surface area contributed by atoms with E-state index in [-0.39, 0.29) is 39.1 Å². The van der Waals surface area contributed by atoms with Crippen LogP contribution in [-0.2, 0) is 11.3 Å². The number of likely N-dealkylation sites (tertiary alicyclic amines) is 1. The summed E-state index contributed by atoms with van der Waals surface area (Å²) in [5, 5.41) is 3.65. The van der Waals surface area contributed by atoms with Gasteiger partial charge in [0.15, 0.2) is 16.8 Å². The lowest BCUT2D eigenvalue weighted by Gasteiger charge is -2.28. The van der Waals surface area contributed by atoms with Crippen molar-refractivity contribution in [3.63, 3.8) is 0 Å². The third-order valence-corrected chi connectivity index (χ3v) is 7.97. The second-order valence-corrected chi connectivity index (χ2v) is 11.1. The zero-order valence-electron chi connectivity index (χ0n) is 21.3. The monoisotopic (exact) mass is 552 g/mol. The highest BCUT2D eigenvalue weighted by Crippen LogP contribution is 2.37. The number of allylic oxidation sites excluding steroid dienone is 1. The number of carbonyl (C=O) groups is 2. The van der Waals surface area contributed by atoms with Crippen molar-refractivity contribution in [2.75, 3.05) is 6.54 Å². The lowest BCUT2D eigenvalue weighted by Crippen LogP contribution is -2.32. The summed E-state index contributed by atoms with van der Waals surface area (Å²) in [6.07, 6.45) is 7.64. The molecule has 2 amide bonds. The van der Waals surface area contributed by atoms with Gasteiger partial charge < -0.3 is 14.6 Å². The van der Waals surface area contributed by atoms with Gasteiger partial charge in [-0.25, -0.2) is 0 Å². The normalized spacial score (nSPS) is 18.6. The Hall–Kier alpha value is -3.09. The zero-order chi connectivity index (χ0) is 26.8. The van der Waals surface area contributed by atoms with Crippen LogP contribution in [0.25, 0.3) is 11.0 Å². The van der Waals surface area contributed by atoms with E-state index in [0.717, 1.165) is 38.6 Å². The fourth-order valence-corrected chi connectivity index (χ4v) is 6.12. The highest BCUT2D eigenvalue weighted by molar-refractivity contribution is 6.38. The van der Waals surface area contributed by atoms with Crippen molar-refractivity contribution in [3.05, 3.63) is 91.3 Å². The molecule has 198 valence electrons. The number of carbonyl (C=O) groups excluding carboxylic acids is 2. The van der Waals surface area contributed by atoms with Crippen molar-refractivity contribution in [3.8, 4) is 0 Å². The third kappa shape index (κ3) is 5.82. The molecule has 6 nitrogen and oxygen atoms in total. The number of nitrogens with zero attached hydrogens (tertiary/aromatic N) is 1. The Morgan fingerprint density at radius 3 is 2.63 bits per heavy atom. The number of rotatable bonds is 6. The highest BCUT2D eigenvalue weighted by atomic mass is 35.5. The molecule has 1 saturated heterocycles. The molecule has 1 N–H and O–H groups in total. The zero-order valence-corrected chi connectivity index (χ0v) is 22.8. The van der Waals surface area contributed by atoms with E-state index >= 15 is 0 Å². The molecule has 38 heavy (non-hydrogen) atoms. The summed E-state index contributed by atoms with van der Waals surface area (Å²) in [6.45, 7) is 3.45. The average Bonchev–Trinajstić information content (AvgIpc) is 3.29. The molecule has 2 heterocycles. The summed E-state index contributed by atoms with van der Waals surface area (Å²) >= 11 is 12.2. The molecule has 2 aromatic carbocycles. The number of halogens is 2. The van der Waals surface area contributed by atoms with Gasteiger partial charge in [-0.15, -0.1) is 0 Å². The van der Waals surface area contributed by atoms with E-state index in [1.54, 1.807) is 0 Å². The van der Waals surface area contributed by atoms with Crippen LogP contribution in [0.3, 0.4) is 0 Å². The Bertz CT molecular complexity index is 1470. The number of amides is 2. The molecule has 2 aliphatic rings. The van der Waals surface area contributed by atoms with Crippen molar-refractivity contribution >= 4 is 46.0 Å². The molecule has 0 spiro atoms. The first-order valence-corrected chi connectivity index (χ1v) is 13.8. The van der Waals surface area contributed by atoms with Crippen LogP contribution in [-0.4, -0.2) is 29.3 Å². The summed E-state index contributed by atoms with van der Waals surface area (Å²) in [5.41, 5.74) is 3.67. The van der Waals surface area contributed by atoms with Crippen LogP contribution in [0.2, 0.25) is 10.0 Å². The van der Waals surface area contributed by atoms with Crippen molar-refractivity contribution in [2.24, 2.45) is 0 Å². The van der Waals surface area contributed by atoms with Gasteiger partial charge in [0, 0.05) is 36.6 Å². The van der Waals surface area contributed by atoms with Crippen molar-refractivity contribution in [1.29, 1.82) is 0 Å². The summed E-state index contributed by atoms with van der Waals surface area (Å²) in [4.78, 5) is 39.5. The van der Waals surface area contributed by atoms with Gasteiger partial charge in [-0.3, -0.25) is 14.4 Å². The van der Waals surface area contributed by atoms with Crippen molar-refractivity contribution in [2.45, 2.75) is 64.0 Å². The fourth-order valence-electron chi connectivity index (χ4n) is 5.59. The molecule has 3 aromatic rings. The molecule has 5 rings (SSSR count). The van der Waals surface area contributed by atoms with E-state index in [2.05, 4.69) is 35.7 Å². The summed E-state index contributed by atoms with van der Waals surface area (Å²) < 4.78 is 5.66. The van der Waals surface area contributed by atoms with Crippen LogP contribution >= 0.6 is 23.2 Å². The minimum atomic E-state index is -0.474. The largest absolute Gasteiger partial charge is 0.449 e. The molecule has 1 aliphatic heterocycles. The Labute approximate surface area is 231 Å². The lowest BCUT2D eigenvalue weighted by molar-refractivity contribution is -0.128. The number of hydrogen-bond donors (Lipinski definition) is 1. The molecular formula is C30H30Cl2N2O4. The number of hydrogen-bond acceptors (Lipinski definition) is 4. The highest BCUT2D eigenvalue weighted by Gasteiger charge is 2.25. The van der Waals surface area contributed by atoms with Crippen LogP contribution in [0.5, 0.6) is 0 Å². The van der Waals surface area contributed by atoms with Gasteiger partial charge in [-0.1, -0.05) is 59.1 Å². The van der Waals surface area contributed by atoms with E-state index < -0.39 is 5.91 Å². The number of fused-ring (bicyclic) bond motifs is 1. The molecule has 1 aliphatic carbocycles. The van der Waals surface area contributed by atoms with Crippen LogP contribution in [0, 0.1) is 0 Å². The van der Waals surface area contributed by atoms with Gasteiger partial charge in [-0.05, 0) is 68.2 Å². The summed E-state index contributed by atoms with van der Waals surface area (Å²) in [6, 6.07) is 12.4. The minimum Gasteiger partial charge on any atom is -0.449 e. The van der Waals surface area contributed by atoms with E-state index in [0.29, 0.717) is 23.9 Å². The van der Waals surface area contributed by atoms with Crippen LogP contribution in [0.1, 0.15) is 73.0 Å². The average molecular weight is 553 g/mol. The summed E-state index contributed by atoms with van der Waals surface area (Å²) in [5.74, 6) is 0.142. The molecule has 1 aromatic heterocycles. The Balaban J connectivity index is 1.22. The first-order chi connectivity index (χ1) is 18.3. The second kappa shape index (κ2) is 11.3. The Morgan fingerprint density at radius 2 is 1.89 bits per heavy atom. The maximum Gasteiger partial charge on any atom is 0.287 e. The Kier molecular flexibility index (Phi) is 7.91. The van der Waals surface area contributed by atoms with Gasteiger partial charge in [-0.2, -0.15) is 0 Å². The van der Waals surface area contributed by atoms with E-state index in [4.69, 9.17) is 27.6 Å². The number of benzene rings is 2. The predicted molar refractivity (Wildman–Crippen MR) is 150 cm³/mol. The number of nitrogens with one attached hydrogen (secondary N) is 1. The molecule has 2 fully saturated rings. The maximum absolute atomic E-state index is 12.8. The molecule has 0 radical (unpaired) electrons. The predicted octanol–water partition coefficient (Wildman–Crippen LogP) is 6.62. The first kappa shape index (κ1) is 26.5. The van der Waals surface area contributed by atoms with Crippen molar-refractivity contribution in [1.82, 2.24) is 10.2 Å². The molecular weight excluding hydrogens is 523 g/mol. The van der Waals surface area contributed by atoms with E-state index in [1.165, 1.54) is 34.9 Å².